The van der Waals surface area contributed by atoms with Crippen molar-refractivity contribution < 1.29 is 9.90 Å². The zero-order valence-corrected chi connectivity index (χ0v) is 9.83. The summed E-state index contributed by atoms with van der Waals surface area (Å²) in [6, 6.07) is 0. The number of carbonyl (C=O) groups is 1. The smallest absolute Gasteiger partial charge is 0.126 e. The first-order chi connectivity index (χ1) is 6.97. The van der Waals surface area contributed by atoms with Crippen LogP contribution in [0.2, 0.25) is 0 Å². The summed E-state index contributed by atoms with van der Waals surface area (Å²) in [5.74, 6) is 0. The quantitative estimate of drug-likeness (QED) is 0.559. The molecule has 0 bridgehead atoms. The summed E-state index contributed by atoms with van der Waals surface area (Å²) >= 11 is 0. The van der Waals surface area contributed by atoms with Crippen molar-refractivity contribution in [2.75, 3.05) is 0 Å². The molecule has 0 saturated heterocycles. The van der Waals surface area contributed by atoms with Crippen molar-refractivity contribution in [2.45, 2.75) is 58.0 Å². The molecule has 1 unspecified atom stereocenters. The lowest BCUT2D eigenvalue weighted by Crippen LogP contribution is -2.25. The molecule has 2 nitrogen and oxygen atoms in total. The van der Waals surface area contributed by atoms with Crippen LogP contribution in [0.5, 0.6) is 0 Å². The van der Waals surface area contributed by atoms with Crippen molar-refractivity contribution in [3.8, 4) is 0 Å². The molecule has 2 heteroatoms. The van der Waals surface area contributed by atoms with Gasteiger partial charge >= 0.3 is 0 Å². The molecular weight excluding hydrogens is 188 g/mol. The van der Waals surface area contributed by atoms with Gasteiger partial charge in [0.15, 0.2) is 0 Å². The van der Waals surface area contributed by atoms with Crippen molar-refractivity contribution in [2.24, 2.45) is 5.41 Å². The normalized spacial score (nSPS) is 26.6. The maximum absolute atomic E-state index is 11.1. The van der Waals surface area contributed by atoms with Gasteiger partial charge in [0.2, 0.25) is 0 Å². The van der Waals surface area contributed by atoms with Crippen LogP contribution in [0.1, 0.15) is 52.4 Å². The lowest BCUT2D eigenvalue weighted by molar-refractivity contribution is -0.117. The van der Waals surface area contributed by atoms with Crippen LogP contribution in [0.3, 0.4) is 0 Å². The molecule has 0 heterocycles. The van der Waals surface area contributed by atoms with Crippen LogP contribution in [-0.2, 0) is 4.79 Å². The Bertz CT molecular complexity index is 237. The van der Waals surface area contributed by atoms with Gasteiger partial charge < -0.3 is 9.90 Å². The first-order valence-corrected chi connectivity index (χ1v) is 5.81. The molecule has 0 fully saturated rings. The van der Waals surface area contributed by atoms with Crippen LogP contribution in [0.4, 0.5) is 0 Å². The molecule has 0 aromatic rings. The van der Waals surface area contributed by atoms with Crippen molar-refractivity contribution >= 4 is 6.29 Å². The van der Waals surface area contributed by atoms with Gasteiger partial charge in [-0.05, 0) is 52.4 Å². The summed E-state index contributed by atoms with van der Waals surface area (Å²) in [4.78, 5) is 11.1. The highest BCUT2D eigenvalue weighted by Gasteiger charge is 2.29. The Morgan fingerprint density at radius 1 is 1.47 bits per heavy atom. The Kier molecular flexibility index (Phi) is 4.09. The Balaban J connectivity index is 2.40. The molecule has 1 rings (SSSR count). The van der Waals surface area contributed by atoms with E-state index in [-0.39, 0.29) is 5.41 Å². The van der Waals surface area contributed by atoms with E-state index in [9.17, 15) is 9.90 Å². The van der Waals surface area contributed by atoms with Crippen molar-refractivity contribution in [3.63, 3.8) is 0 Å². The van der Waals surface area contributed by atoms with E-state index in [1.54, 1.807) is 0 Å². The van der Waals surface area contributed by atoms with Crippen LogP contribution in [0.15, 0.2) is 12.2 Å². The number of rotatable bonds is 5. The zero-order chi connectivity index (χ0) is 11.4. The highest BCUT2D eigenvalue weighted by atomic mass is 16.3. The molecule has 0 spiro atoms. The second kappa shape index (κ2) is 4.93. The Labute approximate surface area is 92.4 Å². The summed E-state index contributed by atoms with van der Waals surface area (Å²) in [6.07, 6.45) is 10.9. The van der Waals surface area contributed by atoms with E-state index in [0.29, 0.717) is 0 Å². The van der Waals surface area contributed by atoms with E-state index in [4.69, 9.17) is 0 Å². The molecule has 0 amide bonds. The largest absolute Gasteiger partial charge is 0.390 e. The molecule has 1 atom stereocenters. The first-order valence-electron chi connectivity index (χ1n) is 5.81. The average molecular weight is 210 g/mol. The molecule has 15 heavy (non-hydrogen) atoms. The van der Waals surface area contributed by atoms with Crippen LogP contribution in [-0.4, -0.2) is 17.0 Å². The van der Waals surface area contributed by atoms with E-state index in [1.807, 2.05) is 13.8 Å². The zero-order valence-electron chi connectivity index (χ0n) is 9.83. The molecule has 0 aliphatic heterocycles. The first kappa shape index (κ1) is 12.4. The van der Waals surface area contributed by atoms with Gasteiger partial charge in [-0.2, -0.15) is 0 Å². The Hall–Kier alpha value is -0.630. The van der Waals surface area contributed by atoms with Gasteiger partial charge in [-0.3, -0.25) is 0 Å². The molecule has 1 aliphatic rings. The third-order valence-electron chi connectivity index (χ3n) is 3.21. The summed E-state index contributed by atoms with van der Waals surface area (Å²) in [5.41, 5.74) is -0.741. The van der Waals surface area contributed by atoms with Crippen LogP contribution < -0.4 is 0 Å². The fourth-order valence-corrected chi connectivity index (χ4v) is 2.17. The van der Waals surface area contributed by atoms with Gasteiger partial charge in [-0.1, -0.05) is 12.2 Å². The summed E-state index contributed by atoms with van der Waals surface area (Å²) in [5, 5.41) is 9.60. The van der Waals surface area contributed by atoms with E-state index in [0.717, 1.165) is 44.8 Å². The highest BCUT2D eigenvalue weighted by molar-refractivity contribution is 5.60. The Morgan fingerprint density at radius 2 is 2.20 bits per heavy atom. The number of aldehydes is 1. The molecular formula is C13H22O2. The molecule has 0 radical (unpaired) electrons. The monoisotopic (exact) mass is 210 g/mol. The highest BCUT2D eigenvalue weighted by Crippen LogP contribution is 2.36. The molecule has 1 N–H and O–H groups in total. The van der Waals surface area contributed by atoms with Gasteiger partial charge in [0.25, 0.3) is 0 Å². The third kappa shape index (κ3) is 4.17. The maximum Gasteiger partial charge on any atom is 0.126 e. The fraction of sp³-hybridized carbons (Fsp3) is 0.769. The Morgan fingerprint density at radius 3 is 2.67 bits per heavy atom. The second-order valence-corrected chi connectivity index (χ2v) is 5.36. The molecule has 0 aromatic carbocycles. The number of aliphatic hydroxyl groups is 1. The van der Waals surface area contributed by atoms with Gasteiger partial charge in [-0.25, -0.2) is 0 Å². The van der Waals surface area contributed by atoms with Crippen molar-refractivity contribution in [3.05, 3.63) is 12.2 Å². The minimum atomic E-state index is -0.603. The summed E-state index contributed by atoms with van der Waals surface area (Å²) < 4.78 is 0. The van der Waals surface area contributed by atoms with E-state index >= 15 is 0 Å². The van der Waals surface area contributed by atoms with E-state index < -0.39 is 5.60 Å². The lowest BCUT2D eigenvalue weighted by Gasteiger charge is -2.30. The summed E-state index contributed by atoms with van der Waals surface area (Å²) in [7, 11) is 0. The molecule has 86 valence electrons. The van der Waals surface area contributed by atoms with Crippen molar-refractivity contribution in [1.29, 1.82) is 0 Å². The third-order valence-corrected chi connectivity index (χ3v) is 3.21. The number of hydrogen-bond acceptors (Lipinski definition) is 2. The summed E-state index contributed by atoms with van der Waals surface area (Å²) in [6.45, 7) is 3.64. The average Bonchev–Trinajstić information content (AvgIpc) is 2.17. The SMILES string of the molecule is CC(C)(O)CCCC1(C=O)CC=CCC1. The molecule has 0 saturated carbocycles. The van der Waals surface area contributed by atoms with Crippen molar-refractivity contribution in [1.82, 2.24) is 0 Å². The number of allylic oxidation sites excluding steroid dienone is 2. The number of hydrogen-bond donors (Lipinski definition) is 1. The maximum atomic E-state index is 11.1. The van der Waals surface area contributed by atoms with Gasteiger partial charge in [0.05, 0.1) is 5.60 Å². The van der Waals surface area contributed by atoms with Crippen LogP contribution in [0, 0.1) is 5.41 Å². The molecule has 1 aliphatic carbocycles. The molecule has 0 aromatic heterocycles. The predicted molar refractivity (Wildman–Crippen MR) is 61.6 cm³/mol. The van der Waals surface area contributed by atoms with E-state index in [2.05, 4.69) is 12.2 Å². The van der Waals surface area contributed by atoms with Crippen LogP contribution in [0.25, 0.3) is 0 Å². The topological polar surface area (TPSA) is 37.3 Å². The minimum absolute atomic E-state index is 0.139. The van der Waals surface area contributed by atoms with Gasteiger partial charge in [-0.15, -0.1) is 0 Å². The van der Waals surface area contributed by atoms with Gasteiger partial charge in [0, 0.05) is 5.41 Å². The predicted octanol–water partition coefficient (Wildman–Crippen LogP) is 2.85. The number of carbonyl (C=O) groups excluding carboxylic acids is 1. The second-order valence-electron chi connectivity index (χ2n) is 5.36. The standard InChI is InChI=1S/C13H22O2/c1-12(2,15)7-6-10-13(11-14)8-4-3-5-9-13/h3-4,11,15H,5-10H2,1-2H3. The lowest BCUT2D eigenvalue weighted by atomic mass is 9.74. The van der Waals surface area contributed by atoms with E-state index in [1.165, 1.54) is 0 Å². The fourth-order valence-electron chi connectivity index (χ4n) is 2.17. The van der Waals surface area contributed by atoms with Crippen LogP contribution >= 0.6 is 0 Å². The minimum Gasteiger partial charge on any atom is -0.390 e. The van der Waals surface area contributed by atoms with Gasteiger partial charge in [0.1, 0.15) is 6.29 Å².